The normalized spacial score (nSPS) is 23.8. The van der Waals surface area contributed by atoms with Gasteiger partial charge in [0.25, 0.3) is 0 Å². The minimum absolute atomic E-state index is 0.216. The van der Waals surface area contributed by atoms with Crippen molar-refractivity contribution >= 4 is 9.84 Å². The van der Waals surface area contributed by atoms with E-state index < -0.39 is 9.84 Å². The molecule has 0 saturated carbocycles. The second-order valence-corrected chi connectivity index (χ2v) is 7.07. The van der Waals surface area contributed by atoms with Crippen LogP contribution >= 0.6 is 0 Å². The van der Waals surface area contributed by atoms with Crippen LogP contribution in [0.2, 0.25) is 0 Å². The molecule has 1 aliphatic rings. The van der Waals surface area contributed by atoms with Crippen molar-refractivity contribution in [3.8, 4) is 0 Å². The number of hydrogen-bond donors (Lipinski definition) is 0. The molecule has 1 atom stereocenters. The summed E-state index contributed by atoms with van der Waals surface area (Å²) in [6, 6.07) is 0.216. The van der Waals surface area contributed by atoms with Crippen molar-refractivity contribution in [2.75, 3.05) is 24.6 Å². The maximum atomic E-state index is 11.5. The number of hydrogen-bond acceptors (Lipinski definition) is 3. The average Bonchev–Trinajstić information content (AvgIpc) is 2.52. The molecule has 0 aromatic rings. The van der Waals surface area contributed by atoms with E-state index in [1.165, 1.54) is 0 Å². The van der Waals surface area contributed by atoms with Crippen molar-refractivity contribution < 1.29 is 8.42 Å². The van der Waals surface area contributed by atoms with Crippen LogP contribution in [0.25, 0.3) is 0 Å². The van der Waals surface area contributed by atoms with Crippen LogP contribution in [0.5, 0.6) is 0 Å². The molecule has 0 aromatic carbocycles. The van der Waals surface area contributed by atoms with Crippen LogP contribution in [0.4, 0.5) is 0 Å². The highest BCUT2D eigenvalue weighted by Gasteiger charge is 2.31. The van der Waals surface area contributed by atoms with E-state index in [4.69, 9.17) is 0 Å². The maximum absolute atomic E-state index is 11.5. The Morgan fingerprint density at radius 3 is 2.62 bits per heavy atom. The molecule has 94 valence electrons. The van der Waals surface area contributed by atoms with Crippen molar-refractivity contribution in [2.45, 2.75) is 39.2 Å². The fourth-order valence-electron chi connectivity index (χ4n) is 2.16. The summed E-state index contributed by atoms with van der Waals surface area (Å²) in [6.07, 6.45) is 3.06. The summed E-state index contributed by atoms with van der Waals surface area (Å²) < 4.78 is 22.9. The van der Waals surface area contributed by atoms with Crippen LogP contribution < -0.4 is 0 Å². The fourth-order valence-corrected chi connectivity index (χ4v) is 3.92. The van der Waals surface area contributed by atoms with Gasteiger partial charge in [0.2, 0.25) is 0 Å². The zero-order valence-electron chi connectivity index (χ0n) is 10.4. The Labute approximate surface area is 99.4 Å². The summed E-state index contributed by atoms with van der Waals surface area (Å²) in [5, 5.41) is 0. The summed E-state index contributed by atoms with van der Waals surface area (Å²) >= 11 is 0. The second-order valence-electron chi connectivity index (χ2n) is 4.84. The first-order valence-electron chi connectivity index (χ1n) is 6.03. The second kappa shape index (κ2) is 5.82. The first-order valence-corrected chi connectivity index (χ1v) is 7.85. The number of sulfone groups is 1. The highest BCUT2D eigenvalue weighted by molar-refractivity contribution is 7.91. The van der Waals surface area contributed by atoms with Crippen LogP contribution in [-0.4, -0.2) is 44.0 Å². The highest BCUT2D eigenvalue weighted by Crippen LogP contribution is 2.19. The predicted octanol–water partition coefficient (Wildman–Crippen LogP) is 1.85. The number of nitrogens with zero attached hydrogens (tertiary/aromatic N) is 1. The van der Waals surface area contributed by atoms with E-state index >= 15 is 0 Å². The van der Waals surface area contributed by atoms with E-state index in [1.54, 1.807) is 0 Å². The predicted molar refractivity (Wildman–Crippen MR) is 68.4 cm³/mol. The zero-order chi connectivity index (χ0) is 12.2. The van der Waals surface area contributed by atoms with Crippen molar-refractivity contribution in [2.24, 2.45) is 0 Å². The van der Waals surface area contributed by atoms with Crippen molar-refractivity contribution in [3.63, 3.8) is 0 Å². The smallest absolute Gasteiger partial charge is 0.151 e. The van der Waals surface area contributed by atoms with Crippen LogP contribution in [0.15, 0.2) is 12.2 Å². The topological polar surface area (TPSA) is 37.4 Å². The van der Waals surface area contributed by atoms with Gasteiger partial charge in [0.05, 0.1) is 11.5 Å². The minimum atomic E-state index is -2.77. The van der Waals surface area contributed by atoms with E-state index in [0.29, 0.717) is 11.5 Å². The number of rotatable bonds is 6. The van der Waals surface area contributed by atoms with E-state index in [-0.39, 0.29) is 6.04 Å². The molecule has 0 spiro atoms. The Balaban J connectivity index is 2.58. The molecule has 4 heteroatoms. The molecule has 1 saturated heterocycles. The maximum Gasteiger partial charge on any atom is 0.151 e. The first-order chi connectivity index (χ1) is 7.44. The van der Waals surface area contributed by atoms with Crippen molar-refractivity contribution in [1.29, 1.82) is 0 Å². The highest BCUT2D eigenvalue weighted by atomic mass is 32.2. The lowest BCUT2D eigenvalue weighted by atomic mass is 10.1. The third-order valence-corrected chi connectivity index (χ3v) is 4.75. The third kappa shape index (κ3) is 4.26. The van der Waals surface area contributed by atoms with Gasteiger partial charge >= 0.3 is 0 Å². The molecule has 1 fully saturated rings. The van der Waals surface area contributed by atoms with Gasteiger partial charge in [0.1, 0.15) is 0 Å². The molecule has 16 heavy (non-hydrogen) atoms. The average molecular weight is 245 g/mol. The Bertz CT molecular complexity index is 335. The molecule has 1 unspecified atom stereocenters. The molecule has 0 radical (unpaired) electrons. The monoisotopic (exact) mass is 245 g/mol. The molecule has 1 rings (SSSR count). The van der Waals surface area contributed by atoms with Gasteiger partial charge < -0.3 is 0 Å². The van der Waals surface area contributed by atoms with Gasteiger partial charge in [-0.15, -0.1) is 0 Å². The van der Waals surface area contributed by atoms with Crippen LogP contribution in [-0.2, 0) is 9.84 Å². The zero-order valence-corrected chi connectivity index (χ0v) is 11.2. The molecule has 1 heterocycles. The molecule has 3 nitrogen and oxygen atoms in total. The quantitative estimate of drug-likeness (QED) is 0.670. The Morgan fingerprint density at radius 1 is 1.50 bits per heavy atom. The Kier molecular flexibility index (Phi) is 4.99. The molecular formula is C12H23NO2S. The summed E-state index contributed by atoms with van der Waals surface area (Å²) in [5.41, 5.74) is 1.11. The van der Waals surface area contributed by atoms with Gasteiger partial charge in [0, 0.05) is 12.6 Å². The molecular weight excluding hydrogens is 222 g/mol. The molecule has 1 aliphatic heterocycles. The lowest BCUT2D eigenvalue weighted by Gasteiger charge is -2.28. The molecule has 0 bridgehead atoms. The summed E-state index contributed by atoms with van der Waals surface area (Å²) in [6.45, 7) is 9.90. The Morgan fingerprint density at radius 2 is 2.19 bits per heavy atom. The Hall–Kier alpha value is -0.350. The molecule has 0 amide bonds. The number of unbranched alkanes of at least 4 members (excludes halogenated alkanes) is 1. The van der Waals surface area contributed by atoms with Gasteiger partial charge in [-0.2, -0.15) is 0 Å². The van der Waals surface area contributed by atoms with Gasteiger partial charge in [-0.05, 0) is 26.3 Å². The molecule has 0 aromatic heterocycles. The van der Waals surface area contributed by atoms with Gasteiger partial charge in [0.15, 0.2) is 9.84 Å². The molecule has 0 aliphatic carbocycles. The standard InChI is InChI=1S/C12H23NO2S/c1-4-5-7-13(9-11(2)3)12-6-8-16(14,15)10-12/h12H,2,4-10H2,1,3H3. The van der Waals surface area contributed by atoms with Crippen molar-refractivity contribution in [3.05, 3.63) is 12.2 Å². The summed E-state index contributed by atoms with van der Waals surface area (Å²) in [7, 11) is -2.77. The third-order valence-electron chi connectivity index (χ3n) is 3.00. The van der Waals surface area contributed by atoms with Crippen LogP contribution in [0.3, 0.4) is 0 Å². The van der Waals surface area contributed by atoms with Crippen LogP contribution in [0, 0.1) is 0 Å². The lowest BCUT2D eigenvalue weighted by Crippen LogP contribution is -2.38. The van der Waals surface area contributed by atoms with Crippen LogP contribution in [0.1, 0.15) is 33.1 Å². The summed E-state index contributed by atoms with van der Waals surface area (Å²) in [4.78, 5) is 2.29. The SMILES string of the molecule is C=C(C)CN(CCCC)C1CCS(=O)(=O)C1. The largest absolute Gasteiger partial charge is 0.295 e. The van der Waals surface area contributed by atoms with E-state index in [9.17, 15) is 8.42 Å². The van der Waals surface area contributed by atoms with E-state index in [2.05, 4.69) is 18.4 Å². The van der Waals surface area contributed by atoms with Gasteiger partial charge in [-0.1, -0.05) is 25.5 Å². The van der Waals surface area contributed by atoms with Crippen molar-refractivity contribution in [1.82, 2.24) is 4.90 Å². The summed E-state index contributed by atoms with van der Waals surface area (Å²) in [5.74, 6) is 0.695. The first kappa shape index (κ1) is 13.7. The van der Waals surface area contributed by atoms with E-state index in [1.807, 2.05) is 6.92 Å². The molecule has 0 N–H and O–H groups in total. The van der Waals surface area contributed by atoms with E-state index in [0.717, 1.165) is 37.9 Å². The van der Waals surface area contributed by atoms with Gasteiger partial charge in [-0.3, -0.25) is 4.90 Å². The lowest BCUT2D eigenvalue weighted by molar-refractivity contribution is 0.227. The van der Waals surface area contributed by atoms with Gasteiger partial charge in [-0.25, -0.2) is 8.42 Å². The minimum Gasteiger partial charge on any atom is -0.295 e. The fraction of sp³-hybridized carbons (Fsp3) is 0.833.